The Morgan fingerprint density at radius 2 is 1.80 bits per heavy atom. The molecule has 0 saturated heterocycles. The monoisotopic (exact) mass is 298 g/mol. The Kier molecular flexibility index (Phi) is 4.59. The average Bonchev–Trinajstić information content (AvgIpc) is 3.12. The number of hydrogen-bond donors (Lipinski definition) is 0. The minimum Gasteiger partial charge on any atom is -0.352 e. The van der Waals surface area contributed by atoms with Crippen LogP contribution in [0.25, 0.3) is 0 Å². The molecule has 1 unspecified atom stereocenters. The van der Waals surface area contributed by atoms with Crippen LogP contribution in [0.3, 0.4) is 0 Å². The molecule has 6 heteroatoms. The first kappa shape index (κ1) is 15.2. The van der Waals surface area contributed by atoms with Crippen molar-refractivity contribution in [2.75, 3.05) is 13.9 Å². The van der Waals surface area contributed by atoms with Gasteiger partial charge in [-0.1, -0.05) is 23.3 Å². The van der Waals surface area contributed by atoms with Crippen LogP contribution in [0.2, 0.25) is 0 Å². The van der Waals surface area contributed by atoms with E-state index < -0.39 is 16.4 Å². The van der Waals surface area contributed by atoms with E-state index in [1.165, 1.54) is 24.8 Å². The molecule has 110 valence electrons. The third-order valence-electron chi connectivity index (χ3n) is 3.11. The second-order valence-electron chi connectivity index (χ2n) is 4.72. The summed E-state index contributed by atoms with van der Waals surface area (Å²) in [7, 11) is -2.28. The van der Waals surface area contributed by atoms with Gasteiger partial charge in [0.15, 0.2) is 13.1 Å². The van der Waals surface area contributed by atoms with Crippen molar-refractivity contribution in [2.45, 2.75) is 31.5 Å². The molecule has 0 saturated carbocycles. The van der Waals surface area contributed by atoms with Gasteiger partial charge in [-0.05, 0) is 38.0 Å². The molecule has 0 bridgehead atoms. The number of aryl methyl sites for hydroxylation is 1. The van der Waals surface area contributed by atoms with Crippen molar-refractivity contribution in [3.05, 3.63) is 41.0 Å². The van der Waals surface area contributed by atoms with Gasteiger partial charge in [0, 0.05) is 7.11 Å². The number of benzene rings is 1. The minimum atomic E-state index is -3.80. The fraction of sp³-hybridized carbons (Fsp3) is 0.429. The van der Waals surface area contributed by atoms with E-state index >= 15 is 0 Å². The first-order chi connectivity index (χ1) is 9.44. The number of rotatable bonds is 7. The Bertz CT molecular complexity index is 601. The molecule has 0 amide bonds. The largest absolute Gasteiger partial charge is 0.352 e. The van der Waals surface area contributed by atoms with Crippen LogP contribution in [-0.2, 0) is 23.8 Å². The first-order valence-electron chi connectivity index (χ1n) is 6.23. The summed E-state index contributed by atoms with van der Waals surface area (Å²) in [5.74, 6) is 0. The maximum absolute atomic E-state index is 11.9. The lowest BCUT2D eigenvalue weighted by atomic mass is 10.2. The molecule has 2 rings (SSSR count). The Hall–Kier alpha value is -1.21. The van der Waals surface area contributed by atoms with Gasteiger partial charge in [-0.15, -0.1) is 0 Å². The summed E-state index contributed by atoms with van der Waals surface area (Å²) in [6, 6.07) is 6.44. The van der Waals surface area contributed by atoms with Gasteiger partial charge >= 0.3 is 0 Å². The summed E-state index contributed by atoms with van der Waals surface area (Å²) in [6.45, 7) is 3.50. The topological polar surface area (TPSA) is 61.8 Å². The van der Waals surface area contributed by atoms with E-state index in [9.17, 15) is 8.42 Å². The molecular weight excluding hydrogens is 280 g/mol. The quantitative estimate of drug-likeness (QED) is 0.439. The van der Waals surface area contributed by atoms with Crippen LogP contribution < -0.4 is 0 Å². The Labute approximate surface area is 119 Å². The van der Waals surface area contributed by atoms with Gasteiger partial charge in [0.25, 0.3) is 10.1 Å². The SMILES string of the molecule is COC(OCOS(=O)(=O)c1ccc(C)cc1)C1=C(C)C1. The zero-order chi connectivity index (χ0) is 14.8. The first-order valence-corrected chi connectivity index (χ1v) is 7.64. The van der Waals surface area contributed by atoms with E-state index in [4.69, 9.17) is 13.7 Å². The van der Waals surface area contributed by atoms with Gasteiger partial charge in [0.05, 0.1) is 4.90 Å². The van der Waals surface area contributed by atoms with Gasteiger partial charge in [-0.3, -0.25) is 0 Å². The van der Waals surface area contributed by atoms with Crippen molar-refractivity contribution in [1.29, 1.82) is 0 Å². The van der Waals surface area contributed by atoms with Crippen molar-refractivity contribution < 1.29 is 22.1 Å². The highest BCUT2D eigenvalue weighted by Crippen LogP contribution is 2.34. The van der Waals surface area contributed by atoms with Crippen LogP contribution in [0.5, 0.6) is 0 Å². The highest BCUT2D eigenvalue weighted by Gasteiger charge is 2.27. The molecule has 0 heterocycles. The van der Waals surface area contributed by atoms with E-state index in [-0.39, 0.29) is 11.7 Å². The van der Waals surface area contributed by atoms with Gasteiger partial charge < -0.3 is 9.47 Å². The number of allylic oxidation sites excluding steroid dienone is 1. The maximum atomic E-state index is 11.9. The molecule has 1 atom stereocenters. The van der Waals surface area contributed by atoms with Crippen molar-refractivity contribution in [1.82, 2.24) is 0 Å². The van der Waals surface area contributed by atoms with Crippen LogP contribution in [-0.4, -0.2) is 28.6 Å². The molecule has 0 radical (unpaired) electrons. The Morgan fingerprint density at radius 1 is 1.20 bits per heavy atom. The summed E-state index contributed by atoms with van der Waals surface area (Å²) >= 11 is 0. The molecule has 20 heavy (non-hydrogen) atoms. The fourth-order valence-corrected chi connectivity index (χ4v) is 2.55. The highest BCUT2D eigenvalue weighted by atomic mass is 32.2. The number of ether oxygens (including phenoxy) is 2. The highest BCUT2D eigenvalue weighted by molar-refractivity contribution is 7.86. The minimum absolute atomic E-state index is 0.113. The van der Waals surface area contributed by atoms with E-state index in [1.54, 1.807) is 12.1 Å². The second kappa shape index (κ2) is 6.05. The summed E-state index contributed by atoms with van der Waals surface area (Å²) < 4.78 is 39.1. The lowest BCUT2D eigenvalue weighted by molar-refractivity contribution is -0.135. The van der Waals surface area contributed by atoms with Crippen LogP contribution in [0.15, 0.2) is 40.3 Å². The fourth-order valence-electron chi connectivity index (χ4n) is 1.76. The van der Waals surface area contributed by atoms with Gasteiger partial charge in [0.1, 0.15) is 0 Å². The third-order valence-corrected chi connectivity index (χ3v) is 4.37. The second-order valence-corrected chi connectivity index (χ2v) is 6.33. The molecule has 1 aromatic rings. The van der Waals surface area contributed by atoms with E-state index in [1.807, 2.05) is 13.8 Å². The van der Waals surface area contributed by atoms with Crippen molar-refractivity contribution in [3.8, 4) is 0 Å². The molecule has 0 aliphatic heterocycles. The van der Waals surface area contributed by atoms with E-state index in [0.717, 1.165) is 17.6 Å². The van der Waals surface area contributed by atoms with Gasteiger partial charge in [-0.2, -0.15) is 8.42 Å². The predicted octanol–water partition coefficient (Wildman–Crippen LogP) is 2.37. The zero-order valence-corrected chi connectivity index (χ0v) is 12.6. The normalized spacial score (nSPS) is 16.4. The lowest BCUT2D eigenvalue weighted by Crippen LogP contribution is -2.18. The predicted molar refractivity (Wildman–Crippen MR) is 73.5 cm³/mol. The third kappa shape index (κ3) is 3.67. The van der Waals surface area contributed by atoms with Crippen LogP contribution >= 0.6 is 0 Å². The average molecular weight is 298 g/mol. The molecule has 1 aliphatic rings. The summed E-state index contributed by atoms with van der Waals surface area (Å²) in [5.41, 5.74) is 3.23. The van der Waals surface area contributed by atoms with E-state index in [2.05, 4.69) is 0 Å². The van der Waals surface area contributed by atoms with Crippen LogP contribution in [0, 0.1) is 6.92 Å². The molecule has 5 nitrogen and oxygen atoms in total. The molecule has 0 aromatic heterocycles. The molecule has 0 N–H and O–H groups in total. The molecule has 0 spiro atoms. The van der Waals surface area contributed by atoms with Crippen molar-refractivity contribution in [3.63, 3.8) is 0 Å². The van der Waals surface area contributed by atoms with Crippen LogP contribution in [0.1, 0.15) is 18.9 Å². The van der Waals surface area contributed by atoms with Crippen LogP contribution in [0.4, 0.5) is 0 Å². The maximum Gasteiger partial charge on any atom is 0.299 e. The van der Waals surface area contributed by atoms with E-state index in [0.29, 0.717) is 0 Å². The molecule has 0 fully saturated rings. The number of hydrogen-bond acceptors (Lipinski definition) is 5. The summed E-state index contributed by atoms with van der Waals surface area (Å²) in [6.07, 6.45) is 0.340. The molecular formula is C14H18O5S. The standard InChI is InChI=1S/C14H18O5S/c1-10-4-6-12(7-5-10)20(15,16)19-9-18-14(17-3)13-8-11(13)2/h4-7,14H,8-9H2,1-3H3. The smallest absolute Gasteiger partial charge is 0.299 e. The van der Waals surface area contributed by atoms with Crippen molar-refractivity contribution in [2.24, 2.45) is 0 Å². The summed E-state index contributed by atoms with van der Waals surface area (Å²) in [4.78, 5) is 0.113. The molecule has 1 aliphatic carbocycles. The van der Waals surface area contributed by atoms with Crippen molar-refractivity contribution >= 4 is 10.1 Å². The summed E-state index contributed by atoms with van der Waals surface area (Å²) in [5, 5.41) is 0. The Balaban J connectivity index is 1.91. The Morgan fingerprint density at radius 3 is 2.30 bits per heavy atom. The zero-order valence-electron chi connectivity index (χ0n) is 11.8. The molecule has 1 aromatic carbocycles. The lowest BCUT2D eigenvalue weighted by Gasteiger charge is -2.13. The number of methoxy groups -OCH3 is 1. The van der Waals surface area contributed by atoms with Gasteiger partial charge in [-0.25, -0.2) is 4.18 Å². The van der Waals surface area contributed by atoms with Gasteiger partial charge in [0.2, 0.25) is 0 Å².